The van der Waals surface area contributed by atoms with E-state index >= 15 is 0 Å². The summed E-state index contributed by atoms with van der Waals surface area (Å²) in [5.41, 5.74) is 10.4. The van der Waals surface area contributed by atoms with Gasteiger partial charge in [0, 0.05) is 5.57 Å². The van der Waals surface area contributed by atoms with Crippen LogP contribution >= 0.6 is 0 Å². The SMILES string of the molecule is C=C(C)C(N)=O.CC[C@H](C)[C@@H](N)C(=O)O. The highest BCUT2D eigenvalue weighted by Crippen LogP contribution is 2.04. The number of carboxylic acids is 1. The van der Waals surface area contributed by atoms with Gasteiger partial charge in [0.1, 0.15) is 6.04 Å². The average molecular weight is 216 g/mol. The second-order valence-corrected chi connectivity index (χ2v) is 3.39. The van der Waals surface area contributed by atoms with Crippen molar-refractivity contribution in [3.8, 4) is 0 Å². The molecule has 5 heteroatoms. The van der Waals surface area contributed by atoms with E-state index < -0.39 is 17.9 Å². The minimum Gasteiger partial charge on any atom is -0.480 e. The Hall–Kier alpha value is -1.36. The number of primary amides is 1. The molecule has 0 aromatic carbocycles. The molecule has 5 N–H and O–H groups in total. The molecule has 0 aliphatic heterocycles. The largest absolute Gasteiger partial charge is 0.480 e. The summed E-state index contributed by atoms with van der Waals surface area (Å²) in [6, 6.07) is -0.699. The van der Waals surface area contributed by atoms with Crippen LogP contribution in [0.3, 0.4) is 0 Å². The molecule has 0 saturated carbocycles. The fourth-order valence-electron chi connectivity index (χ4n) is 0.497. The number of carbonyl (C=O) groups is 2. The van der Waals surface area contributed by atoms with Gasteiger partial charge in [-0.3, -0.25) is 9.59 Å². The molecule has 2 atom stereocenters. The lowest BCUT2D eigenvalue weighted by molar-refractivity contribution is -0.139. The van der Waals surface area contributed by atoms with E-state index in [1.54, 1.807) is 6.92 Å². The molecular formula is C10H20N2O3. The maximum absolute atomic E-state index is 10.2. The first-order valence-corrected chi connectivity index (χ1v) is 4.67. The van der Waals surface area contributed by atoms with E-state index in [2.05, 4.69) is 6.58 Å². The molecule has 0 bridgehead atoms. The van der Waals surface area contributed by atoms with Crippen LogP contribution in [0.15, 0.2) is 12.2 Å². The number of carbonyl (C=O) groups excluding carboxylic acids is 1. The summed E-state index contributed by atoms with van der Waals surface area (Å²) in [4.78, 5) is 20.0. The first kappa shape index (κ1) is 16.1. The lowest BCUT2D eigenvalue weighted by Crippen LogP contribution is -2.36. The van der Waals surface area contributed by atoms with E-state index in [1.807, 2.05) is 13.8 Å². The summed E-state index contributed by atoms with van der Waals surface area (Å²) < 4.78 is 0. The van der Waals surface area contributed by atoms with Crippen LogP contribution in [0.1, 0.15) is 27.2 Å². The molecule has 0 aliphatic carbocycles. The van der Waals surface area contributed by atoms with Gasteiger partial charge >= 0.3 is 5.97 Å². The molecule has 0 aliphatic rings. The second kappa shape index (κ2) is 7.99. The van der Waals surface area contributed by atoms with Crippen molar-refractivity contribution in [2.24, 2.45) is 17.4 Å². The lowest BCUT2D eigenvalue weighted by atomic mass is 10.0. The Morgan fingerprint density at radius 3 is 1.87 bits per heavy atom. The number of aliphatic carboxylic acids is 1. The van der Waals surface area contributed by atoms with Crippen molar-refractivity contribution in [1.82, 2.24) is 0 Å². The molecule has 0 fully saturated rings. The molecule has 5 nitrogen and oxygen atoms in total. The molecule has 0 saturated heterocycles. The molecule has 0 heterocycles. The highest BCUT2D eigenvalue weighted by molar-refractivity contribution is 5.90. The van der Waals surface area contributed by atoms with Crippen molar-refractivity contribution >= 4 is 11.9 Å². The van der Waals surface area contributed by atoms with Gasteiger partial charge in [0.15, 0.2) is 0 Å². The molecule has 88 valence electrons. The Balaban J connectivity index is 0. The van der Waals surface area contributed by atoms with Crippen molar-refractivity contribution < 1.29 is 14.7 Å². The first-order valence-electron chi connectivity index (χ1n) is 4.67. The number of amides is 1. The van der Waals surface area contributed by atoms with Crippen molar-refractivity contribution in [3.63, 3.8) is 0 Å². The number of carboxylic acid groups (broad SMARTS) is 1. The van der Waals surface area contributed by atoms with Crippen LogP contribution in [-0.2, 0) is 9.59 Å². The number of nitrogens with two attached hydrogens (primary N) is 2. The zero-order valence-corrected chi connectivity index (χ0v) is 9.49. The van der Waals surface area contributed by atoms with Gasteiger partial charge in [-0.15, -0.1) is 0 Å². The maximum atomic E-state index is 10.2. The van der Waals surface area contributed by atoms with Crippen LogP contribution in [0.2, 0.25) is 0 Å². The summed E-state index contributed by atoms with van der Waals surface area (Å²) in [6.45, 7) is 8.61. The van der Waals surface area contributed by atoms with Gasteiger partial charge in [-0.25, -0.2) is 0 Å². The van der Waals surface area contributed by atoms with Gasteiger partial charge in [-0.1, -0.05) is 26.8 Å². The van der Waals surface area contributed by atoms with Gasteiger partial charge in [0.2, 0.25) is 5.91 Å². The van der Waals surface area contributed by atoms with Crippen LogP contribution in [0.5, 0.6) is 0 Å². The molecule has 0 unspecified atom stereocenters. The summed E-state index contributed by atoms with van der Waals surface area (Å²) >= 11 is 0. The highest BCUT2D eigenvalue weighted by atomic mass is 16.4. The molecule has 15 heavy (non-hydrogen) atoms. The minimum absolute atomic E-state index is 0.0718. The van der Waals surface area contributed by atoms with Crippen LogP contribution in [0.4, 0.5) is 0 Å². The predicted molar refractivity (Wildman–Crippen MR) is 59.1 cm³/mol. The Morgan fingerprint density at radius 1 is 1.47 bits per heavy atom. The first-order chi connectivity index (χ1) is 6.73. The van der Waals surface area contributed by atoms with E-state index in [0.29, 0.717) is 5.57 Å². The fraction of sp³-hybridized carbons (Fsp3) is 0.600. The number of rotatable bonds is 4. The third kappa shape index (κ3) is 8.96. The molecule has 0 aromatic rings. The third-order valence-electron chi connectivity index (χ3n) is 1.96. The smallest absolute Gasteiger partial charge is 0.320 e. The van der Waals surface area contributed by atoms with E-state index in [1.165, 1.54) is 0 Å². The Morgan fingerprint density at radius 2 is 1.80 bits per heavy atom. The van der Waals surface area contributed by atoms with Crippen molar-refractivity contribution in [2.45, 2.75) is 33.2 Å². The van der Waals surface area contributed by atoms with Crippen molar-refractivity contribution in [3.05, 3.63) is 12.2 Å². The van der Waals surface area contributed by atoms with Gasteiger partial charge < -0.3 is 16.6 Å². The molecular weight excluding hydrogens is 196 g/mol. The molecule has 0 aromatic heterocycles. The third-order valence-corrected chi connectivity index (χ3v) is 1.96. The summed E-state index contributed by atoms with van der Waals surface area (Å²) in [7, 11) is 0. The minimum atomic E-state index is -0.913. The molecule has 0 spiro atoms. The Kier molecular flexibility index (Phi) is 8.57. The zero-order chi connectivity index (χ0) is 12.6. The van der Waals surface area contributed by atoms with Crippen molar-refractivity contribution in [1.29, 1.82) is 0 Å². The molecule has 1 amide bonds. The van der Waals surface area contributed by atoms with Crippen molar-refractivity contribution in [2.75, 3.05) is 0 Å². The van der Waals surface area contributed by atoms with E-state index in [4.69, 9.17) is 16.6 Å². The van der Waals surface area contributed by atoms with Gasteiger partial charge in [-0.2, -0.15) is 0 Å². The zero-order valence-electron chi connectivity index (χ0n) is 9.49. The lowest BCUT2D eigenvalue weighted by Gasteiger charge is -2.11. The van der Waals surface area contributed by atoms with Gasteiger partial charge in [-0.05, 0) is 12.8 Å². The van der Waals surface area contributed by atoms with Crippen LogP contribution in [0, 0.1) is 5.92 Å². The van der Waals surface area contributed by atoms with Gasteiger partial charge in [0.25, 0.3) is 0 Å². The van der Waals surface area contributed by atoms with Crippen LogP contribution in [-0.4, -0.2) is 23.0 Å². The van der Waals surface area contributed by atoms with E-state index in [-0.39, 0.29) is 5.92 Å². The predicted octanol–water partition coefficient (Wildman–Crippen LogP) is 0.492. The normalized spacial score (nSPS) is 13.1. The molecule has 0 rings (SSSR count). The number of hydrogen-bond acceptors (Lipinski definition) is 3. The Bertz CT molecular complexity index is 227. The highest BCUT2D eigenvalue weighted by Gasteiger charge is 2.17. The topological polar surface area (TPSA) is 106 Å². The van der Waals surface area contributed by atoms with Gasteiger partial charge in [0.05, 0.1) is 0 Å². The Labute approximate surface area is 90.1 Å². The van der Waals surface area contributed by atoms with E-state index in [0.717, 1.165) is 6.42 Å². The molecule has 0 radical (unpaired) electrons. The second-order valence-electron chi connectivity index (χ2n) is 3.39. The van der Waals surface area contributed by atoms with Crippen LogP contribution in [0.25, 0.3) is 0 Å². The fourth-order valence-corrected chi connectivity index (χ4v) is 0.497. The maximum Gasteiger partial charge on any atom is 0.320 e. The van der Waals surface area contributed by atoms with E-state index in [9.17, 15) is 9.59 Å². The summed E-state index contributed by atoms with van der Waals surface area (Å²) in [6.07, 6.45) is 0.813. The quantitative estimate of drug-likeness (QED) is 0.594. The monoisotopic (exact) mass is 216 g/mol. The van der Waals surface area contributed by atoms with Crippen LogP contribution < -0.4 is 11.5 Å². The standard InChI is InChI=1S/C6H13NO2.C4H7NO/c1-3-4(2)5(7)6(8)9;1-3(2)4(5)6/h4-5H,3,7H2,1-2H3,(H,8,9);1H2,2H3,(H2,5,6)/t4-,5+;/m0./s1. The number of hydrogen-bond donors (Lipinski definition) is 3. The average Bonchev–Trinajstić information content (AvgIpc) is 2.16. The summed E-state index contributed by atoms with van der Waals surface area (Å²) in [5, 5.41) is 8.36. The summed E-state index contributed by atoms with van der Waals surface area (Å²) in [5.74, 6) is -1.28.